The number of carbonyl (C=O) groups is 1. The maximum Gasteiger partial charge on any atom is 0.246 e. The van der Waals surface area contributed by atoms with Crippen molar-refractivity contribution >= 4 is 43.2 Å². The molecule has 0 fully saturated rings. The van der Waals surface area contributed by atoms with Crippen LogP contribution in [0.4, 0.5) is 5.69 Å². The minimum absolute atomic E-state index is 0.00368. The first-order valence-corrected chi connectivity index (χ1v) is 10.8. The fraction of sp³-hybridized carbons (Fsp3) is 0.263. The fourth-order valence-electron chi connectivity index (χ4n) is 2.62. The van der Waals surface area contributed by atoms with E-state index in [1.165, 1.54) is 33.3 Å². The van der Waals surface area contributed by atoms with Gasteiger partial charge in [0.2, 0.25) is 15.9 Å². The first-order valence-electron chi connectivity index (χ1n) is 8.56. The zero-order chi connectivity index (χ0) is 20.3. The van der Waals surface area contributed by atoms with Gasteiger partial charge in [0.25, 0.3) is 0 Å². The number of aromatic nitrogens is 1. The highest BCUT2D eigenvalue weighted by atomic mass is 32.2. The number of carbonyl (C=O) groups excluding carboxylic acids is 1. The number of benzene rings is 2. The van der Waals surface area contributed by atoms with E-state index in [2.05, 4.69) is 10.3 Å². The molecule has 0 aliphatic heterocycles. The Morgan fingerprint density at radius 3 is 2.64 bits per heavy atom. The van der Waals surface area contributed by atoms with Crippen molar-refractivity contribution in [2.75, 3.05) is 26.5 Å². The highest BCUT2D eigenvalue weighted by Gasteiger charge is 2.23. The molecule has 0 unspecified atom stereocenters. The number of nitrogens with one attached hydrogen (secondary N) is 1. The van der Waals surface area contributed by atoms with Gasteiger partial charge in [-0.3, -0.25) is 4.79 Å². The molecule has 1 N–H and O–H groups in total. The maximum absolute atomic E-state index is 12.5. The summed E-state index contributed by atoms with van der Waals surface area (Å²) in [6.07, 6.45) is 0.770. The van der Waals surface area contributed by atoms with Crippen molar-refractivity contribution in [3.05, 3.63) is 47.5 Å². The average Bonchev–Trinajstić information content (AvgIpc) is 3.09. The van der Waals surface area contributed by atoms with Crippen LogP contribution in [0.3, 0.4) is 0 Å². The van der Waals surface area contributed by atoms with Crippen molar-refractivity contribution in [3.8, 4) is 5.75 Å². The molecule has 0 spiro atoms. The van der Waals surface area contributed by atoms with Gasteiger partial charge in [0.1, 0.15) is 10.6 Å². The normalized spacial score (nSPS) is 11.7. The third kappa shape index (κ3) is 4.32. The van der Waals surface area contributed by atoms with E-state index in [1.807, 2.05) is 24.3 Å². The Hall–Kier alpha value is -2.49. The molecule has 3 rings (SSSR count). The van der Waals surface area contributed by atoms with E-state index in [9.17, 15) is 13.2 Å². The molecule has 0 atom stereocenters. The first kappa shape index (κ1) is 20.2. The molecule has 7 nitrogen and oxygen atoms in total. The summed E-state index contributed by atoms with van der Waals surface area (Å²) < 4.78 is 32.3. The van der Waals surface area contributed by atoms with E-state index in [4.69, 9.17) is 4.74 Å². The molecular formula is C19H21N3O4S2. The Balaban J connectivity index is 1.71. The van der Waals surface area contributed by atoms with Gasteiger partial charge in [-0.2, -0.15) is 0 Å². The number of hydrogen-bond acceptors (Lipinski definition) is 6. The summed E-state index contributed by atoms with van der Waals surface area (Å²) >= 11 is 1.57. The predicted octanol–water partition coefficient (Wildman–Crippen LogP) is 3.13. The number of methoxy groups -OCH3 is 1. The van der Waals surface area contributed by atoms with Crippen LogP contribution in [-0.4, -0.2) is 44.8 Å². The van der Waals surface area contributed by atoms with Crippen LogP contribution in [0.2, 0.25) is 0 Å². The second kappa shape index (κ2) is 8.26. The second-order valence-corrected chi connectivity index (χ2v) is 9.51. The predicted molar refractivity (Wildman–Crippen MR) is 110 cm³/mol. The summed E-state index contributed by atoms with van der Waals surface area (Å²) in [5, 5.41) is 3.64. The van der Waals surface area contributed by atoms with E-state index < -0.39 is 10.0 Å². The molecule has 1 heterocycles. The Kier molecular flexibility index (Phi) is 5.97. The molecule has 0 aliphatic rings. The van der Waals surface area contributed by atoms with Crippen molar-refractivity contribution in [2.24, 2.45) is 0 Å². The van der Waals surface area contributed by atoms with Crippen molar-refractivity contribution in [3.63, 3.8) is 0 Å². The van der Waals surface area contributed by atoms with Crippen LogP contribution in [0, 0.1) is 0 Å². The molecule has 28 heavy (non-hydrogen) atoms. The van der Waals surface area contributed by atoms with Crippen LogP contribution >= 0.6 is 11.3 Å². The molecular weight excluding hydrogens is 398 g/mol. The fourth-order valence-corrected chi connectivity index (χ4v) is 4.67. The highest BCUT2D eigenvalue weighted by molar-refractivity contribution is 7.89. The minimum atomic E-state index is -3.70. The number of amides is 1. The molecule has 0 aliphatic carbocycles. The topological polar surface area (TPSA) is 88.6 Å². The number of para-hydroxylation sites is 1. The van der Waals surface area contributed by atoms with Crippen LogP contribution < -0.4 is 10.1 Å². The minimum Gasteiger partial charge on any atom is -0.495 e. The van der Waals surface area contributed by atoms with E-state index in [1.54, 1.807) is 17.4 Å². The van der Waals surface area contributed by atoms with Crippen molar-refractivity contribution < 1.29 is 17.9 Å². The summed E-state index contributed by atoms with van der Waals surface area (Å²) in [6.45, 7) is 0. The Bertz CT molecular complexity index is 1070. The van der Waals surface area contributed by atoms with Crippen LogP contribution in [0.5, 0.6) is 5.75 Å². The first-order chi connectivity index (χ1) is 13.3. The van der Waals surface area contributed by atoms with Crippen LogP contribution in [0.1, 0.15) is 11.4 Å². The van der Waals surface area contributed by atoms with Crippen molar-refractivity contribution in [2.45, 2.75) is 17.7 Å². The van der Waals surface area contributed by atoms with Gasteiger partial charge in [-0.25, -0.2) is 17.7 Å². The second-order valence-electron chi connectivity index (χ2n) is 6.28. The standard InChI is InChI=1S/C19H21N3O4S2/c1-22(2)28(24,25)17-12-13(8-9-15(17)26-3)20-18(23)10-11-19-21-14-6-4-5-7-16(14)27-19/h4-9,12H,10-11H2,1-3H3,(H,20,23). The molecule has 3 aromatic rings. The quantitative estimate of drug-likeness (QED) is 0.636. The van der Waals surface area contributed by atoms with Gasteiger partial charge >= 0.3 is 0 Å². The molecule has 1 amide bonds. The number of ether oxygens (including phenoxy) is 1. The molecule has 148 valence electrons. The van der Waals surface area contributed by atoms with Crippen molar-refractivity contribution in [1.29, 1.82) is 0 Å². The molecule has 0 bridgehead atoms. The highest BCUT2D eigenvalue weighted by Crippen LogP contribution is 2.29. The molecule has 1 aromatic heterocycles. The summed E-state index contributed by atoms with van der Waals surface area (Å²) in [5.74, 6) is 0.0128. The molecule has 2 aromatic carbocycles. The van der Waals surface area contributed by atoms with Gasteiger partial charge in [0.05, 0.1) is 22.3 Å². The number of anilines is 1. The lowest BCUT2D eigenvalue weighted by atomic mass is 10.2. The van der Waals surface area contributed by atoms with Gasteiger partial charge < -0.3 is 10.1 Å². The SMILES string of the molecule is COc1ccc(NC(=O)CCc2nc3ccccc3s2)cc1S(=O)(=O)N(C)C. The largest absolute Gasteiger partial charge is 0.495 e. The van der Waals surface area contributed by atoms with Gasteiger partial charge in [-0.15, -0.1) is 11.3 Å². The summed E-state index contributed by atoms with van der Waals surface area (Å²) in [7, 11) is 0.589. The Morgan fingerprint density at radius 1 is 1.21 bits per heavy atom. The summed E-state index contributed by atoms with van der Waals surface area (Å²) in [5.41, 5.74) is 1.33. The van der Waals surface area contributed by atoms with Crippen LogP contribution in [-0.2, 0) is 21.2 Å². The number of thiazole rings is 1. The van der Waals surface area contributed by atoms with E-state index in [0.29, 0.717) is 12.1 Å². The third-order valence-electron chi connectivity index (χ3n) is 4.11. The number of rotatable bonds is 7. The summed E-state index contributed by atoms with van der Waals surface area (Å²) in [6, 6.07) is 12.4. The lowest BCUT2D eigenvalue weighted by Gasteiger charge is -2.16. The number of fused-ring (bicyclic) bond motifs is 1. The number of nitrogens with zero attached hydrogens (tertiary/aromatic N) is 2. The van der Waals surface area contributed by atoms with E-state index in [-0.39, 0.29) is 23.0 Å². The molecule has 0 saturated heterocycles. The lowest BCUT2D eigenvalue weighted by Crippen LogP contribution is -2.23. The van der Waals surface area contributed by atoms with Gasteiger partial charge in [-0.05, 0) is 30.3 Å². The van der Waals surface area contributed by atoms with Gasteiger partial charge in [0, 0.05) is 32.6 Å². The Morgan fingerprint density at radius 2 is 1.96 bits per heavy atom. The monoisotopic (exact) mass is 419 g/mol. The number of hydrogen-bond donors (Lipinski definition) is 1. The number of aryl methyl sites for hydroxylation is 1. The Labute approximate surface area is 168 Å². The van der Waals surface area contributed by atoms with Crippen molar-refractivity contribution in [1.82, 2.24) is 9.29 Å². The van der Waals surface area contributed by atoms with Gasteiger partial charge in [-0.1, -0.05) is 12.1 Å². The lowest BCUT2D eigenvalue weighted by molar-refractivity contribution is -0.116. The smallest absolute Gasteiger partial charge is 0.246 e. The number of sulfonamides is 1. The van der Waals surface area contributed by atoms with Gasteiger partial charge in [0.15, 0.2) is 0 Å². The molecule has 0 saturated carbocycles. The zero-order valence-electron chi connectivity index (χ0n) is 15.8. The van der Waals surface area contributed by atoms with Crippen LogP contribution in [0.25, 0.3) is 10.2 Å². The summed E-state index contributed by atoms with van der Waals surface area (Å²) in [4.78, 5) is 16.8. The maximum atomic E-state index is 12.5. The third-order valence-corrected chi connectivity index (χ3v) is 7.04. The molecule has 0 radical (unpaired) electrons. The van der Waals surface area contributed by atoms with E-state index >= 15 is 0 Å². The van der Waals surface area contributed by atoms with Crippen LogP contribution in [0.15, 0.2) is 47.4 Å². The van der Waals surface area contributed by atoms with E-state index in [0.717, 1.165) is 19.5 Å². The molecule has 9 heteroatoms. The average molecular weight is 420 g/mol. The zero-order valence-corrected chi connectivity index (χ0v) is 17.4.